The van der Waals surface area contributed by atoms with Crippen molar-refractivity contribution in [3.8, 4) is 5.75 Å². The first kappa shape index (κ1) is 14.2. The fourth-order valence-electron chi connectivity index (χ4n) is 2.77. The summed E-state index contributed by atoms with van der Waals surface area (Å²) in [6, 6.07) is 4.91. The van der Waals surface area contributed by atoms with Crippen molar-refractivity contribution >= 4 is 11.6 Å². The number of nitrogens with one attached hydrogen (secondary N) is 2. The number of alkyl halides is 3. The third-order valence-electron chi connectivity index (χ3n) is 4.08. The molecule has 21 heavy (non-hydrogen) atoms. The molecule has 1 aromatic rings. The smallest absolute Gasteiger partial charge is 0.404 e. The number of rotatable bonds is 2. The Morgan fingerprint density at radius 2 is 2.19 bits per heavy atom. The second-order valence-corrected chi connectivity index (χ2v) is 5.38. The molecule has 2 aliphatic heterocycles. The molecule has 7 heteroatoms. The van der Waals surface area contributed by atoms with E-state index in [1.54, 1.807) is 18.2 Å². The number of carbonyl (C=O) groups excluding carboxylic acids is 1. The number of ether oxygens (including phenoxy) is 1. The molecule has 2 N–H and O–H groups in total. The van der Waals surface area contributed by atoms with Crippen molar-refractivity contribution in [2.24, 2.45) is 5.41 Å². The minimum Gasteiger partial charge on any atom is -0.493 e. The summed E-state index contributed by atoms with van der Waals surface area (Å²) in [4.78, 5) is 12.2. The van der Waals surface area contributed by atoms with Crippen molar-refractivity contribution in [1.29, 1.82) is 0 Å². The molecular formula is C14H15F3N2O2. The van der Waals surface area contributed by atoms with E-state index >= 15 is 0 Å². The van der Waals surface area contributed by atoms with Gasteiger partial charge in [-0.25, -0.2) is 0 Å². The molecule has 0 saturated carbocycles. The zero-order chi connectivity index (χ0) is 15.1. The quantitative estimate of drug-likeness (QED) is 0.879. The zero-order valence-corrected chi connectivity index (χ0v) is 11.2. The minimum atomic E-state index is -4.57. The van der Waals surface area contributed by atoms with Crippen LogP contribution in [0.3, 0.4) is 0 Å². The Morgan fingerprint density at radius 3 is 2.86 bits per heavy atom. The molecule has 0 bridgehead atoms. The number of hydrogen-bond donors (Lipinski definition) is 2. The van der Waals surface area contributed by atoms with Crippen molar-refractivity contribution in [1.82, 2.24) is 5.32 Å². The second-order valence-electron chi connectivity index (χ2n) is 5.38. The van der Waals surface area contributed by atoms with Gasteiger partial charge in [-0.1, -0.05) is 0 Å². The number of amides is 1. The van der Waals surface area contributed by atoms with E-state index in [4.69, 9.17) is 4.74 Å². The van der Waals surface area contributed by atoms with Gasteiger partial charge in [0.15, 0.2) is 5.41 Å². The lowest BCUT2D eigenvalue weighted by Crippen LogP contribution is -2.49. The van der Waals surface area contributed by atoms with Gasteiger partial charge in [0.25, 0.3) is 0 Å². The van der Waals surface area contributed by atoms with Crippen LogP contribution in [0.2, 0.25) is 0 Å². The molecule has 1 amide bonds. The Hall–Kier alpha value is -1.76. The molecule has 3 rings (SSSR count). The molecule has 0 aromatic heterocycles. The van der Waals surface area contributed by atoms with Crippen molar-refractivity contribution in [3.63, 3.8) is 0 Å². The summed E-state index contributed by atoms with van der Waals surface area (Å²) in [6.45, 7) is 0.366. The Bertz CT molecular complexity index is 566. The summed E-state index contributed by atoms with van der Waals surface area (Å²) in [6.07, 6.45) is -4.11. The van der Waals surface area contributed by atoms with E-state index in [0.29, 0.717) is 18.7 Å². The summed E-state index contributed by atoms with van der Waals surface area (Å²) < 4.78 is 45.1. The van der Waals surface area contributed by atoms with Crippen LogP contribution in [-0.2, 0) is 11.2 Å². The molecule has 2 aliphatic rings. The Balaban J connectivity index is 1.82. The van der Waals surface area contributed by atoms with Crippen molar-refractivity contribution < 1.29 is 22.7 Å². The van der Waals surface area contributed by atoms with Gasteiger partial charge in [0, 0.05) is 18.7 Å². The first-order valence-electron chi connectivity index (χ1n) is 6.77. The van der Waals surface area contributed by atoms with Crippen LogP contribution in [0.1, 0.15) is 12.0 Å². The molecule has 4 nitrogen and oxygen atoms in total. The topological polar surface area (TPSA) is 50.4 Å². The highest BCUT2D eigenvalue weighted by atomic mass is 19.4. The normalized spacial score (nSPS) is 24.5. The van der Waals surface area contributed by atoms with Gasteiger partial charge in [-0.3, -0.25) is 4.79 Å². The highest BCUT2D eigenvalue weighted by Crippen LogP contribution is 2.44. The van der Waals surface area contributed by atoms with E-state index < -0.39 is 17.5 Å². The lowest BCUT2D eigenvalue weighted by Gasteiger charge is -2.29. The van der Waals surface area contributed by atoms with Gasteiger partial charge >= 0.3 is 6.18 Å². The number of carbonyl (C=O) groups is 1. The summed E-state index contributed by atoms with van der Waals surface area (Å²) in [7, 11) is 0. The van der Waals surface area contributed by atoms with E-state index in [1.165, 1.54) is 0 Å². The molecule has 0 aliphatic carbocycles. The van der Waals surface area contributed by atoms with E-state index in [2.05, 4.69) is 10.6 Å². The lowest BCUT2D eigenvalue weighted by atomic mass is 9.85. The minimum absolute atomic E-state index is 0.185. The number of hydrogen-bond acceptors (Lipinski definition) is 3. The van der Waals surface area contributed by atoms with Gasteiger partial charge in [0.05, 0.1) is 6.61 Å². The standard InChI is InChI=1S/C14H15F3N2O2/c15-14(16,17)13(4-5-18-8-13)12(20)19-10-1-2-11-9(7-10)3-6-21-11/h1-2,7,18H,3-6,8H2,(H,19,20). The maximum absolute atomic E-state index is 13.3. The van der Waals surface area contributed by atoms with E-state index in [9.17, 15) is 18.0 Å². The second kappa shape index (κ2) is 4.91. The number of fused-ring (bicyclic) bond motifs is 1. The van der Waals surface area contributed by atoms with Crippen molar-refractivity contribution in [2.75, 3.05) is 25.0 Å². The number of halogens is 3. The molecule has 2 heterocycles. The van der Waals surface area contributed by atoms with Gasteiger partial charge in [-0.15, -0.1) is 0 Å². The summed E-state index contributed by atoms with van der Waals surface area (Å²) >= 11 is 0. The van der Waals surface area contributed by atoms with Crippen molar-refractivity contribution in [2.45, 2.75) is 19.0 Å². The van der Waals surface area contributed by atoms with Gasteiger partial charge < -0.3 is 15.4 Å². The van der Waals surface area contributed by atoms with Crippen LogP contribution < -0.4 is 15.4 Å². The SMILES string of the molecule is O=C(Nc1ccc2c(c1)CCO2)C1(C(F)(F)F)CCNC1. The molecule has 0 spiro atoms. The fourth-order valence-corrected chi connectivity index (χ4v) is 2.77. The highest BCUT2D eigenvalue weighted by molar-refractivity contribution is 5.96. The van der Waals surface area contributed by atoms with Crippen LogP contribution in [0.5, 0.6) is 5.75 Å². The van der Waals surface area contributed by atoms with Gasteiger partial charge in [-0.05, 0) is 36.7 Å². The molecule has 1 fully saturated rings. The summed E-state index contributed by atoms with van der Waals surface area (Å²) in [5, 5.41) is 5.03. The van der Waals surface area contributed by atoms with Crippen LogP contribution in [0.15, 0.2) is 18.2 Å². The average molecular weight is 300 g/mol. The number of benzene rings is 1. The fraction of sp³-hybridized carbons (Fsp3) is 0.500. The van der Waals surface area contributed by atoms with Crippen LogP contribution >= 0.6 is 0 Å². The van der Waals surface area contributed by atoms with E-state index in [1.807, 2.05) is 0 Å². The largest absolute Gasteiger partial charge is 0.493 e. The lowest BCUT2D eigenvalue weighted by molar-refractivity contribution is -0.213. The van der Waals surface area contributed by atoms with Gasteiger partial charge in [-0.2, -0.15) is 13.2 Å². The molecule has 114 valence electrons. The van der Waals surface area contributed by atoms with Gasteiger partial charge in [0.1, 0.15) is 5.75 Å². The van der Waals surface area contributed by atoms with Crippen LogP contribution in [-0.4, -0.2) is 31.8 Å². The molecule has 1 atom stereocenters. The molecule has 1 aromatic carbocycles. The van der Waals surface area contributed by atoms with Gasteiger partial charge in [0.2, 0.25) is 5.91 Å². The van der Waals surface area contributed by atoms with Crippen LogP contribution in [0, 0.1) is 5.41 Å². The molecule has 1 unspecified atom stereocenters. The monoisotopic (exact) mass is 300 g/mol. The third kappa shape index (κ3) is 2.35. The third-order valence-corrected chi connectivity index (χ3v) is 4.08. The van der Waals surface area contributed by atoms with Crippen LogP contribution in [0.4, 0.5) is 18.9 Å². The zero-order valence-electron chi connectivity index (χ0n) is 11.2. The van der Waals surface area contributed by atoms with Crippen LogP contribution in [0.25, 0.3) is 0 Å². The first-order valence-corrected chi connectivity index (χ1v) is 6.77. The maximum Gasteiger partial charge on any atom is 0.404 e. The average Bonchev–Trinajstić information content (AvgIpc) is 3.07. The number of anilines is 1. The Labute approximate surface area is 119 Å². The summed E-state index contributed by atoms with van der Waals surface area (Å²) in [5.74, 6) is -0.278. The molecule has 0 radical (unpaired) electrons. The predicted molar refractivity (Wildman–Crippen MR) is 70.2 cm³/mol. The van der Waals surface area contributed by atoms with E-state index in [-0.39, 0.29) is 19.5 Å². The first-order chi connectivity index (χ1) is 9.92. The van der Waals surface area contributed by atoms with Crippen molar-refractivity contribution in [3.05, 3.63) is 23.8 Å². The highest BCUT2D eigenvalue weighted by Gasteiger charge is 2.61. The Kier molecular flexibility index (Phi) is 3.32. The predicted octanol–water partition coefficient (Wildman–Crippen LogP) is 2.10. The Morgan fingerprint density at radius 1 is 1.38 bits per heavy atom. The molecular weight excluding hydrogens is 285 g/mol. The maximum atomic E-state index is 13.3. The van der Waals surface area contributed by atoms with E-state index in [0.717, 1.165) is 11.3 Å². The molecule has 1 saturated heterocycles. The summed E-state index contributed by atoms with van der Waals surface area (Å²) in [5.41, 5.74) is -1.07.